The van der Waals surface area contributed by atoms with Gasteiger partial charge in [0, 0.05) is 11.4 Å². The Hall–Kier alpha value is -2.29. The minimum atomic E-state index is -5.08. The number of carboxylic acid groups (broad SMARTS) is 1. The van der Waals surface area contributed by atoms with Crippen molar-refractivity contribution >= 4 is 23.3 Å². The molecule has 0 bridgehead atoms. The number of nitrogens with two attached hydrogens (primary N) is 2. The van der Waals surface area contributed by atoms with Crippen LogP contribution in [-0.4, -0.2) is 29.7 Å². The highest BCUT2D eigenvalue weighted by Gasteiger charge is 2.38. The highest BCUT2D eigenvalue weighted by molar-refractivity contribution is 5.92. The largest absolute Gasteiger partial charge is 0.490 e. The summed E-state index contributed by atoms with van der Waals surface area (Å²) >= 11 is 0. The van der Waals surface area contributed by atoms with Crippen LogP contribution in [-0.2, 0) is 9.59 Å². The first-order chi connectivity index (χ1) is 8.66. The fourth-order valence-corrected chi connectivity index (χ4v) is 0.778. The molecule has 106 valence electrons. The molecule has 1 amide bonds. The number of rotatable bonds is 2. The van der Waals surface area contributed by atoms with Crippen molar-refractivity contribution in [3.8, 4) is 0 Å². The predicted octanol–water partition coefficient (Wildman–Crippen LogP) is 0.799. The topological polar surface area (TPSA) is 118 Å². The molecule has 0 spiro atoms. The van der Waals surface area contributed by atoms with Crippen LogP contribution < -0.4 is 16.8 Å². The number of alkyl halides is 3. The van der Waals surface area contributed by atoms with Gasteiger partial charge in [-0.2, -0.15) is 13.2 Å². The van der Waals surface area contributed by atoms with E-state index in [0.717, 1.165) is 0 Å². The zero-order valence-corrected chi connectivity index (χ0v) is 9.57. The Morgan fingerprint density at radius 3 is 1.95 bits per heavy atom. The first kappa shape index (κ1) is 16.7. The standard InChI is InChI=1S/C8H11N3O.C2HF3O2/c9-5-8(12)11-7-3-1-6(10)2-4-7;3-2(4,5)1(6)7/h1-4H,5,9-10H2,(H,11,12);(H,6,7). The Morgan fingerprint density at radius 1 is 1.21 bits per heavy atom. The molecule has 0 aliphatic heterocycles. The van der Waals surface area contributed by atoms with E-state index in [2.05, 4.69) is 5.32 Å². The maximum atomic E-state index is 10.8. The molecule has 19 heavy (non-hydrogen) atoms. The van der Waals surface area contributed by atoms with Crippen LogP contribution >= 0.6 is 0 Å². The lowest BCUT2D eigenvalue weighted by Crippen LogP contribution is -2.21. The normalized spacial score (nSPS) is 10.1. The number of benzene rings is 1. The number of halogens is 3. The maximum Gasteiger partial charge on any atom is 0.490 e. The summed E-state index contributed by atoms with van der Waals surface area (Å²) in [5.74, 6) is -2.97. The zero-order chi connectivity index (χ0) is 15.1. The molecule has 0 atom stereocenters. The second-order valence-electron chi connectivity index (χ2n) is 3.18. The van der Waals surface area contributed by atoms with Gasteiger partial charge < -0.3 is 21.9 Å². The van der Waals surface area contributed by atoms with E-state index in [4.69, 9.17) is 21.4 Å². The smallest absolute Gasteiger partial charge is 0.475 e. The molecule has 0 aliphatic carbocycles. The van der Waals surface area contributed by atoms with Crippen molar-refractivity contribution in [2.75, 3.05) is 17.6 Å². The first-order valence-corrected chi connectivity index (χ1v) is 4.82. The number of carboxylic acids is 1. The first-order valence-electron chi connectivity index (χ1n) is 4.82. The maximum absolute atomic E-state index is 10.8. The summed E-state index contributed by atoms with van der Waals surface area (Å²) in [7, 11) is 0. The van der Waals surface area contributed by atoms with Gasteiger partial charge in [-0.25, -0.2) is 4.79 Å². The van der Waals surface area contributed by atoms with Crippen LogP contribution in [0, 0.1) is 0 Å². The molecule has 6 N–H and O–H groups in total. The molecular weight excluding hydrogens is 267 g/mol. The summed E-state index contributed by atoms with van der Waals surface area (Å²) in [6.45, 7) is -0.00955. The number of amides is 1. The number of nitrogen functional groups attached to an aromatic ring is 1. The fourth-order valence-electron chi connectivity index (χ4n) is 0.778. The Balaban J connectivity index is 0.000000399. The van der Waals surface area contributed by atoms with Gasteiger partial charge in [-0.05, 0) is 24.3 Å². The fraction of sp³-hybridized carbons (Fsp3) is 0.200. The number of carbonyl (C=O) groups excluding carboxylic acids is 1. The summed E-state index contributed by atoms with van der Waals surface area (Å²) in [6, 6.07) is 6.88. The highest BCUT2D eigenvalue weighted by atomic mass is 19.4. The Morgan fingerprint density at radius 2 is 1.63 bits per heavy atom. The molecule has 0 heterocycles. The van der Waals surface area contributed by atoms with Gasteiger partial charge in [-0.1, -0.05) is 0 Å². The molecule has 0 unspecified atom stereocenters. The second kappa shape index (κ2) is 7.21. The van der Waals surface area contributed by atoms with Crippen LogP contribution in [0.4, 0.5) is 24.5 Å². The van der Waals surface area contributed by atoms with Crippen molar-refractivity contribution in [3.05, 3.63) is 24.3 Å². The van der Waals surface area contributed by atoms with Crippen LogP contribution in [0.3, 0.4) is 0 Å². The number of carbonyl (C=O) groups is 2. The molecule has 0 radical (unpaired) electrons. The van der Waals surface area contributed by atoms with Crippen molar-refractivity contribution in [2.45, 2.75) is 6.18 Å². The van der Waals surface area contributed by atoms with Gasteiger partial charge in [0.15, 0.2) is 0 Å². The molecule has 0 aromatic heterocycles. The quantitative estimate of drug-likeness (QED) is 0.597. The molecular formula is C10H12F3N3O3. The van der Waals surface area contributed by atoms with Gasteiger partial charge in [-0.15, -0.1) is 0 Å². The number of hydrogen-bond donors (Lipinski definition) is 4. The summed E-state index contributed by atoms with van der Waals surface area (Å²) in [5.41, 5.74) is 11.9. The number of anilines is 2. The molecule has 0 fully saturated rings. The van der Waals surface area contributed by atoms with E-state index in [0.29, 0.717) is 11.4 Å². The summed E-state index contributed by atoms with van der Waals surface area (Å²) in [4.78, 5) is 19.7. The van der Waals surface area contributed by atoms with Crippen LogP contribution in [0.2, 0.25) is 0 Å². The van der Waals surface area contributed by atoms with Crippen molar-refractivity contribution in [1.29, 1.82) is 0 Å². The van der Waals surface area contributed by atoms with E-state index in [1.807, 2.05) is 0 Å². The van der Waals surface area contributed by atoms with Crippen LogP contribution in [0.15, 0.2) is 24.3 Å². The molecule has 9 heteroatoms. The highest BCUT2D eigenvalue weighted by Crippen LogP contribution is 2.13. The molecule has 0 aliphatic rings. The molecule has 0 saturated heterocycles. The molecule has 1 aromatic rings. The second-order valence-corrected chi connectivity index (χ2v) is 3.18. The minimum absolute atomic E-state index is 0.00955. The minimum Gasteiger partial charge on any atom is -0.475 e. The van der Waals surface area contributed by atoms with E-state index in [9.17, 15) is 18.0 Å². The zero-order valence-electron chi connectivity index (χ0n) is 9.57. The number of nitrogens with one attached hydrogen (secondary N) is 1. The van der Waals surface area contributed by atoms with E-state index in [-0.39, 0.29) is 12.5 Å². The van der Waals surface area contributed by atoms with E-state index < -0.39 is 12.1 Å². The van der Waals surface area contributed by atoms with Crippen LogP contribution in [0.1, 0.15) is 0 Å². The summed E-state index contributed by atoms with van der Waals surface area (Å²) < 4.78 is 31.7. The average molecular weight is 279 g/mol. The predicted molar refractivity (Wildman–Crippen MR) is 62.2 cm³/mol. The van der Waals surface area contributed by atoms with E-state index in [1.165, 1.54) is 0 Å². The Bertz CT molecular complexity index is 432. The van der Waals surface area contributed by atoms with Crippen LogP contribution in [0.25, 0.3) is 0 Å². The average Bonchev–Trinajstić information content (AvgIpc) is 2.31. The lowest BCUT2D eigenvalue weighted by Gasteiger charge is -2.02. The third kappa shape index (κ3) is 7.60. The van der Waals surface area contributed by atoms with Crippen molar-refractivity contribution in [2.24, 2.45) is 5.73 Å². The third-order valence-corrected chi connectivity index (χ3v) is 1.62. The van der Waals surface area contributed by atoms with Crippen molar-refractivity contribution in [3.63, 3.8) is 0 Å². The monoisotopic (exact) mass is 279 g/mol. The Labute approximate surface area is 106 Å². The van der Waals surface area contributed by atoms with Gasteiger partial charge in [0.05, 0.1) is 6.54 Å². The van der Waals surface area contributed by atoms with Gasteiger partial charge in [0.2, 0.25) is 5.91 Å². The summed E-state index contributed by atoms with van der Waals surface area (Å²) in [5, 5.41) is 9.72. The number of aliphatic carboxylic acids is 1. The Kier molecular flexibility index (Phi) is 6.34. The molecule has 1 rings (SSSR count). The van der Waals surface area contributed by atoms with E-state index >= 15 is 0 Å². The lowest BCUT2D eigenvalue weighted by molar-refractivity contribution is -0.192. The lowest BCUT2D eigenvalue weighted by atomic mass is 10.3. The van der Waals surface area contributed by atoms with Gasteiger partial charge in [-0.3, -0.25) is 4.79 Å². The van der Waals surface area contributed by atoms with Gasteiger partial charge in [0.1, 0.15) is 0 Å². The van der Waals surface area contributed by atoms with E-state index in [1.54, 1.807) is 24.3 Å². The van der Waals surface area contributed by atoms with Gasteiger partial charge in [0.25, 0.3) is 0 Å². The molecule has 6 nitrogen and oxygen atoms in total. The van der Waals surface area contributed by atoms with Crippen LogP contribution in [0.5, 0.6) is 0 Å². The number of hydrogen-bond acceptors (Lipinski definition) is 4. The molecule has 0 saturated carbocycles. The molecule has 1 aromatic carbocycles. The summed E-state index contributed by atoms with van der Waals surface area (Å²) in [6.07, 6.45) is -5.08. The third-order valence-electron chi connectivity index (χ3n) is 1.62. The SMILES string of the molecule is NCC(=O)Nc1ccc(N)cc1.O=C(O)C(F)(F)F. The van der Waals surface area contributed by atoms with Crippen molar-refractivity contribution in [1.82, 2.24) is 0 Å². The van der Waals surface area contributed by atoms with Crippen molar-refractivity contribution < 1.29 is 27.9 Å². The van der Waals surface area contributed by atoms with Gasteiger partial charge >= 0.3 is 12.1 Å².